The lowest BCUT2D eigenvalue weighted by Crippen LogP contribution is -2.20. The van der Waals surface area contributed by atoms with Gasteiger partial charge in [-0.25, -0.2) is 9.59 Å². The minimum atomic E-state index is -0.524. The number of rotatable bonds is 6. The van der Waals surface area contributed by atoms with E-state index in [1.807, 2.05) is 31.2 Å². The summed E-state index contributed by atoms with van der Waals surface area (Å²) < 4.78 is 10.0. The van der Waals surface area contributed by atoms with Gasteiger partial charge in [-0.15, -0.1) is 0 Å². The molecule has 0 atom stereocenters. The van der Waals surface area contributed by atoms with E-state index in [9.17, 15) is 9.59 Å². The molecule has 0 fully saturated rings. The predicted molar refractivity (Wildman–Crippen MR) is 109 cm³/mol. The third-order valence-corrected chi connectivity index (χ3v) is 3.73. The van der Waals surface area contributed by atoms with E-state index in [4.69, 9.17) is 21.7 Å². The zero-order valence-corrected chi connectivity index (χ0v) is 16.3. The van der Waals surface area contributed by atoms with Gasteiger partial charge in [0.1, 0.15) is 0 Å². The number of hydrogen-bond donors (Lipinski definition) is 2. The normalized spacial score (nSPS) is 10.0. The van der Waals surface area contributed by atoms with Crippen molar-refractivity contribution in [3.05, 3.63) is 59.2 Å². The second kappa shape index (κ2) is 9.68. The number of hydrogen-bond acceptors (Lipinski definition) is 5. The fraction of sp³-hybridized carbons (Fsp3) is 0.250. The third kappa shape index (κ3) is 6.07. The van der Waals surface area contributed by atoms with Crippen molar-refractivity contribution in [2.45, 2.75) is 20.8 Å². The summed E-state index contributed by atoms with van der Waals surface area (Å²) in [5.41, 5.74) is 2.92. The van der Waals surface area contributed by atoms with E-state index < -0.39 is 11.9 Å². The van der Waals surface area contributed by atoms with Crippen molar-refractivity contribution in [1.29, 1.82) is 0 Å². The quantitative estimate of drug-likeness (QED) is 0.570. The van der Waals surface area contributed by atoms with Crippen molar-refractivity contribution in [3.63, 3.8) is 0 Å². The molecule has 0 bridgehead atoms. The number of esters is 2. The Kier molecular flexibility index (Phi) is 7.31. The van der Waals surface area contributed by atoms with Gasteiger partial charge in [-0.05, 0) is 63.3 Å². The molecule has 2 N–H and O–H groups in total. The number of nitrogens with one attached hydrogen (secondary N) is 2. The molecule has 142 valence electrons. The highest BCUT2D eigenvalue weighted by Gasteiger charge is 2.15. The summed E-state index contributed by atoms with van der Waals surface area (Å²) in [4.78, 5) is 24.2. The zero-order chi connectivity index (χ0) is 19.8. The Hall–Kier alpha value is -2.93. The average Bonchev–Trinajstić information content (AvgIpc) is 2.63. The fourth-order valence-electron chi connectivity index (χ4n) is 2.29. The summed E-state index contributed by atoms with van der Waals surface area (Å²) in [5.74, 6) is -1.05. The first-order chi connectivity index (χ1) is 12.9. The third-order valence-electron chi connectivity index (χ3n) is 3.52. The van der Waals surface area contributed by atoms with Gasteiger partial charge in [0.15, 0.2) is 5.11 Å². The van der Waals surface area contributed by atoms with Crippen molar-refractivity contribution < 1.29 is 19.1 Å². The summed E-state index contributed by atoms with van der Waals surface area (Å²) in [5, 5.41) is 6.37. The van der Waals surface area contributed by atoms with Gasteiger partial charge in [0.2, 0.25) is 0 Å². The van der Waals surface area contributed by atoms with Gasteiger partial charge >= 0.3 is 11.9 Å². The molecule has 0 aliphatic heterocycles. The molecule has 0 radical (unpaired) electrons. The second-order valence-electron chi connectivity index (χ2n) is 5.69. The van der Waals surface area contributed by atoms with Crippen molar-refractivity contribution in [3.8, 4) is 0 Å². The number of anilines is 2. The van der Waals surface area contributed by atoms with E-state index in [1.165, 1.54) is 6.07 Å². The van der Waals surface area contributed by atoms with Crippen LogP contribution in [0.15, 0.2) is 42.5 Å². The molecule has 2 rings (SSSR count). The summed E-state index contributed by atoms with van der Waals surface area (Å²) in [6.45, 7) is 5.90. The number of carbonyl (C=O) groups is 2. The zero-order valence-electron chi connectivity index (χ0n) is 15.5. The van der Waals surface area contributed by atoms with Crippen LogP contribution in [0.5, 0.6) is 0 Å². The smallest absolute Gasteiger partial charge is 0.338 e. The number of aryl methyl sites for hydroxylation is 1. The van der Waals surface area contributed by atoms with Gasteiger partial charge in [0.05, 0.1) is 24.3 Å². The van der Waals surface area contributed by atoms with E-state index in [1.54, 1.807) is 26.0 Å². The van der Waals surface area contributed by atoms with E-state index >= 15 is 0 Å². The van der Waals surface area contributed by atoms with Crippen molar-refractivity contribution in [2.75, 3.05) is 23.8 Å². The van der Waals surface area contributed by atoms with Crippen molar-refractivity contribution in [1.82, 2.24) is 0 Å². The molecule has 0 saturated heterocycles. The maximum absolute atomic E-state index is 12.1. The molecule has 0 aliphatic carbocycles. The summed E-state index contributed by atoms with van der Waals surface area (Å²) in [6, 6.07) is 12.3. The Morgan fingerprint density at radius 1 is 0.852 bits per heavy atom. The lowest BCUT2D eigenvalue weighted by Gasteiger charge is -2.13. The monoisotopic (exact) mass is 386 g/mol. The van der Waals surface area contributed by atoms with Crippen LogP contribution in [0, 0.1) is 6.92 Å². The molecule has 6 nitrogen and oxygen atoms in total. The van der Waals surface area contributed by atoms with Crippen LogP contribution in [0.25, 0.3) is 0 Å². The average molecular weight is 386 g/mol. The molecule has 0 heterocycles. The van der Waals surface area contributed by atoms with E-state index in [0.717, 1.165) is 11.3 Å². The summed E-state index contributed by atoms with van der Waals surface area (Å²) in [6.07, 6.45) is 0. The standard InChI is InChI=1S/C20H22N2O4S/c1-4-25-18(23)14-10-15(19(24)26-5-2)12-17(11-14)22-20(27)21-16-8-6-13(3)7-9-16/h6-12H,4-5H2,1-3H3,(H2,21,22,27). The van der Waals surface area contributed by atoms with Crippen LogP contribution in [-0.4, -0.2) is 30.3 Å². The number of thiocarbonyl (C=S) groups is 1. The molecule has 0 unspecified atom stereocenters. The first-order valence-electron chi connectivity index (χ1n) is 8.57. The molecule has 0 saturated carbocycles. The molecule has 0 spiro atoms. The lowest BCUT2D eigenvalue weighted by molar-refractivity contribution is 0.0525. The Labute approximate surface area is 163 Å². The van der Waals surface area contributed by atoms with Gasteiger partial charge in [-0.1, -0.05) is 17.7 Å². The Morgan fingerprint density at radius 2 is 1.33 bits per heavy atom. The van der Waals surface area contributed by atoms with Crippen LogP contribution in [-0.2, 0) is 9.47 Å². The first-order valence-corrected chi connectivity index (χ1v) is 8.97. The maximum Gasteiger partial charge on any atom is 0.338 e. The van der Waals surface area contributed by atoms with Crippen LogP contribution in [0.2, 0.25) is 0 Å². The summed E-state index contributed by atoms with van der Waals surface area (Å²) >= 11 is 5.32. The second-order valence-corrected chi connectivity index (χ2v) is 6.09. The molecule has 2 aromatic rings. The lowest BCUT2D eigenvalue weighted by atomic mass is 10.1. The van der Waals surface area contributed by atoms with Crippen molar-refractivity contribution in [2.24, 2.45) is 0 Å². The molecular weight excluding hydrogens is 364 g/mol. The Balaban J connectivity index is 2.22. The van der Waals surface area contributed by atoms with Gasteiger partial charge in [0, 0.05) is 11.4 Å². The molecule has 0 aliphatic rings. The Morgan fingerprint density at radius 3 is 1.81 bits per heavy atom. The van der Waals surface area contributed by atoms with Crippen LogP contribution < -0.4 is 10.6 Å². The van der Waals surface area contributed by atoms with Gasteiger partial charge in [0.25, 0.3) is 0 Å². The maximum atomic E-state index is 12.1. The molecule has 2 aromatic carbocycles. The molecule has 27 heavy (non-hydrogen) atoms. The minimum Gasteiger partial charge on any atom is -0.462 e. The van der Waals surface area contributed by atoms with E-state index in [2.05, 4.69) is 10.6 Å². The topological polar surface area (TPSA) is 76.7 Å². The highest BCUT2D eigenvalue weighted by atomic mass is 32.1. The van der Waals surface area contributed by atoms with E-state index in [0.29, 0.717) is 10.8 Å². The molecule has 7 heteroatoms. The number of benzene rings is 2. The van der Waals surface area contributed by atoms with Gasteiger partial charge < -0.3 is 20.1 Å². The van der Waals surface area contributed by atoms with Crippen LogP contribution in [0.4, 0.5) is 11.4 Å². The fourth-order valence-corrected chi connectivity index (χ4v) is 2.53. The molecule has 0 amide bonds. The number of carbonyl (C=O) groups excluding carboxylic acids is 2. The van der Waals surface area contributed by atoms with Crippen molar-refractivity contribution >= 4 is 40.6 Å². The largest absolute Gasteiger partial charge is 0.462 e. The minimum absolute atomic E-state index is 0.235. The van der Waals surface area contributed by atoms with Crippen LogP contribution in [0.1, 0.15) is 40.1 Å². The first kappa shape index (κ1) is 20.4. The van der Waals surface area contributed by atoms with Crippen LogP contribution in [0.3, 0.4) is 0 Å². The number of ether oxygens (including phenoxy) is 2. The summed E-state index contributed by atoms with van der Waals surface area (Å²) in [7, 11) is 0. The highest BCUT2D eigenvalue weighted by Crippen LogP contribution is 2.18. The highest BCUT2D eigenvalue weighted by molar-refractivity contribution is 7.80. The SMILES string of the molecule is CCOC(=O)c1cc(NC(=S)Nc2ccc(C)cc2)cc(C(=O)OCC)c1. The van der Waals surface area contributed by atoms with Gasteiger partial charge in [-0.3, -0.25) is 0 Å². The van der Waals surface area contributed by atoms with E-state index in [-0.39, 0.29) is 24.3 Å². The molecule has 0 aromatic heterocycles. The predicted octanol–water partition coefficient (Wildman–Crippen LogP) is 4.16. The van der Waals surface area contributed by atoms with Gasteiger partial charge in [-0.2, -0.15) is 0 Å². The molecular formula is C20H22N2O4S. The Bertz CT molecular complexity index is 798. The van der Waals surface area contributed by atoms with Crippen LogP contribution >= 0.6 is 12.2 Å².